The molecule has 8 nitrogen and oxygen atoms in total. The number of hydrogen-bond donors (Lipinski definition) is 2. The molecule has 20 heavy (non-hydrogen) atoms. The maximum Gasteiger partial charge on any atom is 0.325 e. The molecule has 0 saturated carbocycles. The Kier molecular flexibility index (Phi) is 6.94. The van der Waals surface area contributed by atoms with Gasteiger partial charge in [-0.15, -0.1) is 10.2 Å². The fourth-order valence-electron chi connectivity index (χ4n) is 1.03. The van der Waals surface area contributed by atoms with Crippen LogP contribution in [0.25, 0.3) is 0 Å². The Balaban J connectivity index is 2.28. The second-order valence-electron chi connectivity index (χ2n) is 3.42. The molecule has 0 aliphatic rings. The molecule has 0 atom stereocenters. The van der Waals surface area contributed by atoms with Gasteiger partial charge < -0.3 is 15.4 Å². The summed E-state index contributed by atoms with van der Waals surface area (Å²) in [5.41, 5.74) is 0. The smallest absolute Gasteiger partial charge is 0.325 e. The van der Waals surface area contributed by atoms with Crippen molar-refractivity contribution in [2.24, 2.45) is 0 Å². The van der Waals surface area contributed by atoms with Gasteiger partial charge in [0.2, 0.25) is 16.9 Å². The molecule has 0 saturated heterocycles. The van der Waals surface area contributed by atoms with Gasteiger partial charge in [-0.2, -0.15) is 0 Å². The molecule has 1 heterocycles. The number of ether oxygens (including phenoxy) is 1. The highest BCUT2D eigenvalue weighted by Gasteiger charge is 2.10. The van der Waals surface area contributed by atoms with Crippen molar-refractivity contribution in [2.45, 2.75) is 18.2 Å². The molecule has 0 aliphatic heterocycles. The molecule has 1 aromatic rings. The van der Waals surface area contributed by atoms with E-state index in [1.807, 2.05) is 0 Å². The molecular formula is C10H14N4O4S2. The van der Waals surface area contributed by atoms with Gasteiger partial charge in [-0.3, -0.25) is 14.4 Å². The lowest BCUT2D eigenvalue weighted by molar-refractivity contribution is -0.143. The molecule has 2 amide bonds. The van der Waals surface area contributed by atoms with Crippen molar-refractivity contribution in [1.29, 1.82) is 0 Å². The standard InChI is InChI=1S/C10H14N4O4S2/c1-3-18-8(17)4-11-7(16)5-19-10-14-13-9(20-10)12-6(2)15/h3-5H2,1-2H3,(H,11,16)(H,12,13,15). The average Bonchev–Trinajstić information content (AvgIpc) is 2.81. The van der Waals surface area contributed by atoms with Crippen molar-refractivity contribution in [3.8, 4) is 0 Å². The van der Waals surface area contributed by atoms with E-state index in [0.717, 1.165) is 0 Å². The molecule has 1 rings (SSSR count). The second kappa shape index (κ2) is 8.48. The normalized spacial score (nSPS) is 9.90. The molecule has 0 radical (unpaired) electrons. The Labute approximate surface area is 123 Å². The summed E-state index contributed by atoms with van der Waals surface area (Å²) in [7, 11) is 0. The number of carbonyl (C=O) groups excluding carboxylic acids is 3. The Hall–Kier alpha value is -1.68. The molecule has 10 heteroatoms. The Morgan fingerprint density at radius 3 is 2.75 bits per heavy atom. The van der Waals surface area contributed by atoms with E-state index in [-0.39, 0.29) is 30.7 Å². The molecule has 0 spiro atoms. The first-order valence-electron chi connectivity index (χ1n) is 5.67. The van der Waals surface area contributed by atoms with Gasteiger partial charge in [-0.05, 0) is 6.92 Å². The third-order valence-corrected chi connectivity index (χ3v) is 3.72. The van der Waals surface area contributed by atoms with Crippen LogP contribution in [0.4, 0.5) is 5.13 Å². The number of nitrogens with zero attached hydrogens (tertiary/aromatic N) is 2. The van der Waals surface area contributed by atoms with Crippen molar-refractivity contribution in [3.05, 3.63) is 0 Å². The minimum Gasteiger partial charge on any atom is -0.465 e. The van der Waals surface area contributed by atoms with E-state index in [9.17, 15) is 14.4 Å². The highest BCUT2D eigenvalue weighted by atomic mass is 32.2. The largest absolute Gasteiger partial charge is 0.465 e. The van der Waals surface area contributed by atoms with Gasteiger partial charge in [-0.25, -0.2) is 0 Å². The third-order valence-electron chi connectivity index (χ3n) is 1.75. The van der Waals surface area contributed by atoms with E-state index in [4.69, 9.17) is 0 Å². The lowest BCUT2D eigenvalue weighted by Crippen LogP contribution is -2.31. The molecule has 110 valence electrons. The van der Waals surface area contributed by atoms with Crippen LogP contribution in [0.2, 0.25) is 0 Å². The zero-order valence-electron chi connectivity index (χ0n) is 11.0. The van der Waals surface area contributed by atoms with Crippen molar-refractivity contribution >= 4 is 46.0 Å². The van der Waals surface area contributed by atoms with Crippen molar-refractivity contribution in [2.75, 3.05) is 24.2 Å². The van der Waals surface area contributed by atoms with Crippen molar-refractivity contribution < 1.29 is 19.1 Å². The quantitative estimate of drug-likeness (QED) is 0.422. The van der Waals surface area contributed by atoms with Gasteiger partial charge in [-0.1, -0.05) is 23.1 Å². The minimum atomic E-state index is -0.477. The van der Waals surface area contributed by atoms with Crippen LogP contribution in [0.3, 0.4) is 0 Å². The Bertz CT molecular complexity index is 491. The summed E-state index contributed by atoms with van der Waals surface area (Å²) in [5.74, 6) is -0.910. The van der Waals surface area contributed by atoms with E-state index < -0.39 is 5.97 Å². The first-order valence-corrected chi connectivity index (χ1v) is 7.47. The van der Waals surface area contributed by atoms with Gasteiger partial charge in [0.15, 0.2) is 4.34 Å². The fraction of sp³-hybridized carbons (Fsp3) is 0.500. The number of anilines is 1. The lowest BCUT2D eigenvalue weighted by atomic mass is 10.6. The summed E-state index contributed by atoms with van der Waals surface area (Å²) >= 11 is 2.34. The Morgan fingerprint density at radius 2 is 2.10 bits per heavy atom. The van der Waals surface area contributed by atoms with Gasteiger partial charge in [0.25, 0.3) is 0 Å². The van der Waals surface area contributed by atoms with Gasteiger partial charge in [0.1, 0.15) is 6.54 Å². The van der Waals surface area contributed by atoms with Crippen LogP contribution in [-0.4, -0.2) is 46.9 Å². The number of amides is 2. The third kappa shape index (κ3) is 6.48. The first kappa shape index (κ1) is 16.4. The van der Waals surface area contributed by atoms with Crippen LogP contribution in [0, 0.1) is 0 Å². The van der Waals surface area contributed by atoms with Crippen LogP contribution >= 0.6 is 23.1 Å². The van der Waals surface area contributed by atoms with E-state index in [0.29, 0.717) is 9.47 Å². The van der Waals surface area contributed by atoms with Crippen molar-refractivity contribution in [3.63, 3.8) is 0 Å². The van der Waals surface area contributed by atoms with Crippen LogP contribution < -0.4 is 10.6 Å². The molecule has 2 N–H and O–H groups in total. The number of carbonyl (C=O) groups is 3. The molecule has 0 aromatic carbocycles. The summed E-state index contributed by atoms with van der Waals surface area (Å²) < 4.78 is 5.23. The van der Waals surface area contributed by atoms with E-state index in [2.05, 4.69) is 25.6 Å². The zero-order chi connectivity index (χ0) is 15.0. The molecule has 0 fully saturated rings. The van der Waals surface area contributed by atoms with E-state index in [1.54, 1.807) is 6.92 Å². The predicted molar refractivity (Wildman–Crippen MR) is 74.6 cm³/mol. The summed E-state index contributed by atoms with van der Waals surface area (Å²) in [5, 5.41) is 12.9. The zero-order valence-corrected chi connectivity index (χ0v) is 12.6. The maximum absolute atomic E-state index is 11.5. The van der Waals surface area contributed by atoms with Crippen LogP contribution in [0.5, 0.6) is 0 Å². The molecule has 0 aliphatic carbocycles. The van der Waals surface area contributed by atoms with Crippen LogP contribution in [0.1, 0.15) is 13.8 Å². The fourth-order valence-corrected chi connectivity index (χ4v) is 2.66. The summed E-state index contributed by atoms with van der Waals surface area (Å²) in [6.07, 6.45) is 0. The number of esters is 1. The number of hydrogen-bond acceptors (Lipinski definition) is 8. The molecular weight excluding hydrogens is 304 g/mol. The summed E-state index contributed by atoms with van der Waals surface area (Å²) in [6, 6.07) is 0. The summed E-state index contributed by atoms with van der Waals surface area (Å²) in [4.78, 5) is 33.3. The van der Waals surface area contributed by atoms with Crippen LogP contribution in [0.15, 0.2) is 4.34 Å². The maximum atomic E-state index is 11.5. The number of thioether (sulfide) groups is 1. The monoisotopic (exact) mass is 318 g/mol. The van der Waals surface area contributed by atoms with Gasteiger partial charge >= 0.3 is 5.97 Å². The average molecular weight is 318 g/mol. The summed E-state index contributed by atoms with van der Waals surface area (Å²) in [6.45, 7) is 3.19. The topological polar surface area (TPSA) is 110 Å². The number of nitrogens with one attached hydrogen (secondary N) is 2. The highest BCUT2D eigenvalue weighted by Crippen LogP contribution is 2.24. The second-order valence-corrected chi connectivity index (χ2v) is 5.62. The van der Waals surface area contributed by atoms with Gasteiger partial charge in [0, 0.05) is 6.92 Å². The van der Waals surface area contributed by atoms with Crippen molar-refractivity contribution in [1.82, 2.24) is 15.5 Å². The highest BCUT2D eigenvalue weighted by molar-refractivity contribution is 8.01. The molecule has 0 bridgehead atoms. The van der Waals surface area contributed by atoms with Crippen LogP contribution in [-0.2, 0) is 19.1 Å². The Morgan fingerprint density at radius 1 is 1.35 bits per heavy atom. The van der Waals surface area contributed by atoms with Gasteiger partial charge in [0.05, 0.1) is 12.4 Å². The van der Waals surface area contributed by atoms with E-state index >= 15 is 0 Å². The SMILES string of the molecule is CCOC(=O)CNC(=O)CSc1nnc(NC(C)=O)s1. The minimum absolute atomic E-state index is 0.105. The lowest BCUT2D eigenvalue weighted by Gasteiger charge is -2.03. The first-order chi connectivity index (χ1) is 9.51. The number of aromatic nitrogens is 2. The predicted octanol–water partition coefficient (Wildman–Crippen LogP) is 0.268. The van der Waals surface area contributed by atoms with E-state index in [1.165, 1.54) is 30.0 Å². The molecule has 1 aromatic heterocycles. The molecule has 0 unspecified atom stereocenters. The number of rotatable bonds is 7.